The van der Waals surface area contributed by atoms with Gasteiger partial charge in [0.2, 0.25) is 0 Å². The number of benzene rings is 1. The molecule has 1 saturated carbocycles. The molecule has 0 radical (unpaired) electrons. The van der Waals surface area contributed by atoms with Crippen LogP contribution in [0.5, 0.6) is 5.75 Å². The molecule has 28 heavy (non-hydrogen) atoms. The summed E-state index contributed by atoms with van der Waals surface area (Å²) in [5, 5.41) is 0. The zero-order valence-corrected chi connectivity index (χ0v) is 16.3. The fourth-order valence-electron chi connectivity index (χ4n) is 3.72. The number of anilines is 1. The molecule has 1 aliphatic carbocycles. The molecule has 6 nitrogen and oxygen atoms in total. The van der Waals surface area contributed by atoms with Crippen LogP contribution in [0.1, 0.15) is 36.6 Å². The van der Waals surface area contributed by atoms with E-state index in [2.05, 4.69) is 31.8 Å². The van der Waals surface area contributed by atoms with Crippen LogP contribution >= 0.6 is 0 Å². The van der Waals surface area contributed by atoms with Crippen molar-refractivity contribution >= 4 is 11.5 Å². The van der Waals surface area contributed by atoms with Gasteiger partial charge in [0.25, 0.3) is 0 Å². The SMILES string of the molecule is CN1CCN(c2cc(C3=NCc4cc(F)c(OC5(C)CC5)cc43)ncn2)CC1. The summed E-state index contributed by atoms with van der Waals surface area (Å²) in [6.07, 6.45) is 3.52. The maximum Gasteiger partial charge on any atom is 0.165 e. The molecule has 3 aliphatic rings. The van der Waals surface area contributed by atoms with E-state index >= 15 is 0 Å². The van der Waals surface area contributed by atoms with E-state index in [9.17, 15) is 4.39 Å². The number of ether oxygens (including phenoxy) is 1. The number of halogens is 1. The highest BCUT2D eigenvalue weighted by Gasteiger charge is 2.41. The first-order valence-corrected chi connectivity index (χ1v) is 9.83. The first-order valence-electron chi connectivity index (χ1n) is 9.83. The highest BCUT2D eigenvalue weighted by atomic mass is 19.1. The highest BCUT2D eigenvalue weighted by molar-refractivity contribution is 6.14. The summed E-state index contributed by atoms with van der Waals surface area (Å²) >= 11 is 0. The van der Waals surface area contributed by atoms with Crippen molar-refractivity contribution in [1.29, 1.82) is 0 Å². The first-order chi connectivity index (χ1) is 13.5. The maximum atomic E-state index is 14.5. The fraction of sp³-hybridized carbons (Fsp3) is 0.476. The lowest BCUT2D eigenvalue weighted by Gasteiger charge is -2.33. The summed E-state index contributed by atoms with van der Waals surface area (Å²) in [6, 6.07) is 5.33. The molecule has 146 valence electrons. The average molecular weight is 381 g/mol. The smallest absolute Gasteiger partial charge is 0.165 e. The molecule has 0 unspecified atom stereocenters. The van der Waals surface area contributed by atoms with E-state index in [0.717, 1.165) is 67.4 Å². The van der Waals surface area contributed by atoms with Gasteiger partial charge in [0.05, 0.1) is 18.0 Å². The second-order valence-corrected chi connectivity index (χ2v) is 8.21. The van der Waals surface area contributed by atoms with Gasteiger partial charge in [-0.3, -0.25) is 4.99 Å². The van der Waals surface area contributed by atoms with Crippen molar-refractivity contribution in [2.75, 3.05) is 38.1 Å². The number of rotatable bonds is 4. The van der Waals surface area contributed by atoms with E-state index in [1.165, 1.54) is 0 Å². The Bertz CT molecular complexity index is 948. The Labute approximate surface area is 164 Å². The third-order valence-electron chi connectivity index (χ3n) is 5.85. The lowest BCUT2D eigenvalue weighted by atomic mass is 10.0. The minimum atomic E-state index is -0.316. The van der Waals surface area contributed by atoms with Gasteiger partial charge in [0.15, 0.2) is 11.6 Å². The normalized spacial score (nSPS) is 20.7. The van der Waals surface area contributed by atoms with Gasteiger partial charge in [-0.2, -0.15) is 0 Å². The van der Waals surface area contributed by atoms with Gasteiger partial charge < -0.3 is 14.5 Å². The summed E-state index contributed by atoms with van der Waals surface area (Å²) < 4.78 is 20.4. The zero-order chi connectivity index (χ0) is 19.3. The van der Waals surface area contributed by atoms with Gasteiger partial charge in [0.1, 0.15) is 17.7 Å². The van der Waals surface area contributed by atoms with Gasteiger partial charge >= 0.3 is 0 Å². The van der Waals surface area contributed by atoms with Crippen LogP contribution in [0.2, 0.25) is 0 Å². The largest absolute Gasteiger partial charge is 0.484 e. The molecule has 7 heteroatoms. The maximum absolute atomic E-state index is 14.5. The predicted octanol–water partition coefficient (Wildman–Crippen LogP) is 2.65. The highest BCUT2D eigenvalue weighted by Crippen LogP contribution is 2.41. The molecule has 2 fully saturated rings. The molecule has 5 rings (SSSR count). The second-order valence-electron chi connectivity index (χ2n) is 8.21. The molecule has 0 amide bonds. The number of fused-ring (bicyclic) bond motifs is 1. The van der Waals surface area contributed by atoms with Crippen molar-refractivity contribution < 1.29 is 9.13 Å². The van der Waals surface area contributed by atoms with Crippen LogP contribution in [0.15, 0.2) is 29.5 Å². The Morgan fingerprint density at radius 1 is 1.07 bits per heavy atom. The Morgan fingerprint density at radius 3 is 2.61 bits per heavy atom. The summed E-state index contributed by atoms with van der Waals surface area (Å²) in [4.78, 5) is 18.1. The van der Waals surface area contributed by atoms with Crippen LogP contribution in [0.3, 0.4) is 0 Å². The van der Waals surface area contributed by atoms with Gasteiger partial charge in [-0.15, -0.1) is 0 Å². The number of aliphatic imine (C=N–C) groups is 1. The number of piperazine rings is 1. The van der Waals surface area contributed by atoms with Crippen LogP contribution < -0.4 is 9.64 Å². The van der Waals surface area contributed by atoms with Crippen LogP contribution in [0.25, 0.3) is 0 Å². The molecule has 0 atom stereocenters. The van der Waals surface area contributed by atoms with E-state index in [0.29, 0.717) is 12.3 Å². The van der Waals surface area contributed by atoms with Crippen molar-refractivity contribution in [3.63, 3.8) is 0 Å². The second kappa shape index (κ2) is 6.51. The topological polar surface area (TPSA) is 53.9 Å². The Kier molecular flexibility index (Phi) is 4.08. The quantitative estimate of drug-likeness (QED) is 0.815. The summed E-state index contributed by atoms with van der Waals surface area (Å²) in [5.74, 6) is 0.907. The van der Waals surface area contributed by atoms with Crippen molar-refractivity contribution in [2.45, 2.75) is 31.9 Å². The number of aromatic nitrogens is 2. The van der Waals surface area contributed by atoms with E-state index < -0.39 is 0 Å². The zero-order valence-electron chi connectivity index (χ0n) is 16.3. The van der Waals surface area contributed by atoms with Crippen molar-refractivity contribution in [3.05, 3.63) is 47.2 Å². The molecule has 0 N–H and O–H groups in total. The molecule has 2 aromatic rings. The summed E-state index contributed by atoms with van der Waals surface area (Å²) in [7, 11) is 2.13. The van der Waals surface area contributed by atoms with Crippen LogP contribution in [0.4, 0.5) is 10.2 Å². The summed E-state index contributed by atoms with van der Waals surface area (Å²) in [5.41, 5.74) is 3.12. The monoisotopic (exact) mass is 381 g/mol. The van der Waals surface area contributed by atoms with Crippen LogP contribution in [-0.2, 0) is 6.54 Å². The number of hydrogen-bond acceptors (Lipinski definition) is 6. The molecule has 1 aromatic heterocycles. The third kappa shape index (κ3) is 3.24. The summed E-state index contributed by atoms with van der Waals surface area (Å²) in [6.45, 7) is 6.40. The van der Waals surface area contributed by atoms with E-state index in [1.54, 1.807) is 18.5 Å². The lowest BCUT2D eigenvalue weighted by Crippen LogP contribution is -2.44. The van der Waals surface area contributed by atoms with Gasteiger partial charge in [-0.05, 0) is 44.5 Å². The van der Waals surface area contributed by atoms with Gasteiger partial charge in [-0.1, -0.05) is 0 Å². The Balaban J connectivity index is 1.44. The molecule has 0 bridgehead atoms. The van der Waals surface area contributed by atoms with E-state index in [-0.39, 0.29) is 11.4 Å². The molecule has 3 heterocycles. The van der Waals surface area contributed by atoms with Crippen molar-refractivity contribution in [3.8, 4) is 5.75 Å². The Hall–Kier alpha value is -2.54. The molecule has 1 aromatic carbocycles. The molecular formula is C21H24FN5O. The Morgan fingerprint density at radius 2 is 1.86 bits per heavy atom. The van der Waals surface area contributed by atoms with Gasteiger partial charge in [-0.25, -0.2) is 14.4 Å². The third-order valence-corrected chi connectivity index (χ3v) is 5.85. The standard InChI is InChI=1S/C21H24FN5O/c1-21(3-4-21)28-18-10-15-14(9-16(18)22)12-23-20(15)17-11-19(25-13-24-17)27-7-5-26(2)6-8-27/h9-11,13H,3-8,12H2,1-2H3. The van der Waals surface area contributed by atoms with E-state index in [1.807, 2.05) is 13.0 Å². The van der Waals surface area contributed by atoms with Crippen molar-refractivity contribution in [2.24, 2.45) is 4.99 Å². The minimum absolute atomic E-state index is 0.228. The molecule has 1 saturated heterocycles. The van der Waals surface area contributed by atoms with Gasteiger partial charge in [0, 0.05) is 37.8 Å². The fourth-order valence-corrected chi connectivity index (χ4v) is 3.72. The van der Waals surface area contributed by atoms with Crippen LogP contribution in [-0.4, -0.2) is 59.4 Å². The average Bonchev–Trinajstić information content (AvgIpc) is 3.28. The number of likely N-dealkylation sites (N-methyl/N-ethyl adjacent to an activating group) is 1. The molecule has 0 spiro atoms. The van der Waals surface area contributed by atoms with Crippen LogP contribution in [0, 0.1) is 5.82 Å². The molecule has 2 aliphatic heterocycles. The minimum Gasteiger partial charge on any atom is -0.484 e. The molecular weight excluding hydrogens is 357 g/mol. The number of nitrogens with zero attached hydrogens (tertiary/aromatic N) is 5. The lowest BCUT2D eigenvalue weighted by molar-refractivity contribution is 0.191. The first kappa shape index (κ1) is 17.6. The number of hydrogen-bond donors (Lipinski definition) is 0. The van der Waals surface area contributed by atoms with Crippen molar-refractivity contribution in [1.82, 2.24) is 14.9 Å². The van der Waals surface area contributed by atoms with E-state index in [4.69, 9.17) is 4.74 Å². The predicted molar refractivity (Wildman–Crippen MR) is 106 cm³/mol.